The van der Waals surface area contributed by atoms with Crippen molar-refractivity contribution in [2.75, 3.05) is 17.7 Å². The molecule has 0 heterocycles. The van der Waals surface area contributed by atoms with E-state index >= 15 is 0 Å². The SMILES string of the molecule is COc1ccccc1CNc1ccc(CC(=O)Nc2cccc(C)c2)cc1. The van der Waals surface area contributed by atoms with Crippen molar-refractivity contribution in [1.29, 1.82) is 0 Å². The van der Waals surface area contributed by atoms with E-state index < -0.39 is 0 Å². The van der Waals surface area contributed by atoms with Gasteiger partial charge in [-0.05, 0) is 48.4 Å². The van der Waals surface area contributed by atoms with Gasteiger partial charge in [0.25, 0.3) is 0 Å². The van der Waals surface area contributed by atoms with Gasteiger partial charge in [-0.25, -0.2) is 0 Å². The summed E-state index contributed by atoms with van der Waals surface area (Å²) in [6.07, 6.45) is 0.348. The first-order valence-electron chi connectivity index (χ1n) is 8.95. The number of hydrogen-bond donors (Lipinski definition) is 2. The Bertz CT molecular complexity index is 904. The molecule has 1 amide bonds. The number of carbonyl (C=O) groups is 1. The Morgan fingerprint density at radius 3 is 2.44 bits per heavy atom. The average molecular weight is 360 g/mol. The molecule has 0 spiro atoms. The predicted octanol–water partition coefficient (Wildman–Crippen LogP) is 4.80. The third kappa shape index (κ3) is 5.35. The van der Waals surface area contributed by atoms with Crippen molar-refractivity contribution in [3.63, 3.8) is 0 Å². The number of aryl methyl sites for hydroxylation is 1. The van der Waals surface area contributed by atoms with Gasteiger partial charge in [-0.3, -0.25) is 4.79 Å². The van der Waals surface area contributed by atoms with E-state index in [-0.39, 0.29) is 5.91 Å². The van der Waals surface area contributed by atoms with Crippen molar-refractivity contribution >= 4 is 17.3 Å². The third-order valence-electron chi connectivity index (χ3n) is 4.30. The fourth-order valence-corrected chi connectivity index (χ4v) is 2.90. The largest absolute Gasteiger partial charge is 0.496 e. The van der Waals surface area contributed by atoms with Crippen molar-refractivity contribution in [2.45, 2.75) is 19.9 Å². The first kappa shape index (κ1) is 18.5. The number of amides is 1. The predicted molar refractivity (Wildman–Crippen MR) is 110 cm³/mol. The molecule has 0 saturated carbocycles. The van der Waals surface area contributed by atoms with E-state index in [1.54, 1.807) is 7.11 Å². The van der Waals surface area contributed by atoms with Gasteiger partial charge in [0.2, 0.25) is 5.91 Å². The molecule has 27 heavy (non-hydrogen) atoms. The van der Waals surface area contributed by atoms with Crippen molar-refractivity contribution in [2.24, 2.45) is 0 Å². The number of para-hydroxylation sites is 1. The number of anilines is 2. The van der Waals surface area contributed by atoms with Crippen LogP contribution in [-0.4, -0.2) is 13.0 Å². The number of hydrogen-bond acceptors (Lipinski definition) is 3. The lowest BCUT2D eigenvalue weighted by Crippen LogP contribution is -2.14. The highest BCUT2D eigenvalue weighted by Crippen LogP contribution is 2.19. The third-order valence-corrected chi connectivity index (χ3v) is 4.30. The van der Waals surface area contributed by atoms with Crippen LogP contribution >= 0.6 is 0 Å². The molecular weight excluding hydrogens is 336 g/mol. The number of ether oxygens (including phenoxy) is 1. The summed E-state index contributed by atoms with van der Waals surface area (Å²) in [6, 6.07) is 23.7. The van der Waals surface area contributed by atoms with Gasteiger partial charge in [-0.15, -0.1) is 0 Å². The minimum Gasteiger partial charge on any atom is -0.496 e. The number of rotatable bonds is 7. The molecule has 2 N–H and O–H groups in total. The summed E-state index contributed by atoms with van der Waals surface area (Å²) < 4.78 is 5.37. The van der Waals surface area contributed by atoms with E-state index in [9.17, 15) is 4.79 Å². The van der Waals surface area contributed by atoms with Crippen LogP contribution in [0.5, 0.6) is 5.75 Å². The summed E-state index contributed by atoms with van der Waals surface area (Å²) in [4.78, 5) is 12.2. The first-order valence-corrected chi connectivity index (χ1v) is 8.95. The van der Waals surface area contributed by atoms with Crippen LogP contribution in [0.2, 0.25) is 0 Å². The molecular formula is C23H24N2O2. The van der Waals surface area contributed by atoms with E-state index in [2.05, 4.69) is 10.6 Å². The number of nitrogens with one attached hydrogen (secondary N) is 2. The van der Waals surface area contributed by atoms with Crippen molar-refractivity contribution in [1.82, 2.24) is 0 Å². The molecule has 0 radical (unpaired) electrons. The normalized spacial score (nSPS) is 10.3. The van der Waals surface area contributed by atoms with Crippen LogP contribution in [0, 0.1) is 6.92 Å². The molecule has 0 unspecified atom stereocenters. The van der Waals surface area contributed by atoms with Crippen LogP contribution in [0.3, 0.4) is 0 Å². The molecule has 3 aromatic rings. The maximum absolute atomic E-state index is 12.2. The molecule has 0 aliphatic carbocycles. The summed E-state index contributed by atoms with van der Waals surface area (Å²) in [6.45, 7) is 2.68. The Morgan fingerprint density at radius 1 is 0.926 bits per heavy atom. The van der Waals surface area contributed by atoms with Crippen molar-refractivity contribution in [3.8, 4) is 5.75 Å². The lowest BCUT2D eigenvalue weighted by molar-refractivity contribution is -0.115. The van der Waals surface area contributed by atoms with E-state index in [1.807, 2.05) is 79.7 Å². The zero-order chi connectivity index (χ0) is 19.1. The fraction of sp³-hybridized carbons (Fsp3) is 0.174. The lowest BCUT2D eigenvalue weighted by atomic mass is 10.1. The minimum atomic E-state index is -0.0182. The van der Waals surface area contributed by atoms with Crippen molar-refractivity contribution in [3.05, 3.63) is 89.5 Å². The molecule has 0 aliphatic heterocycles. The second-order valence-corrected chi connectivity index (χ2v) is 6.46. The maximum atomic E-state index is 12.2. The number of carbonyl (C=O) groups excluding carboxylic acids is 1. The lowest BCUT2D eigenvalue weighted by Gasteiger charge is -2.11. The molecule has 4 heteroatoms. The van der Waals surface area contributed by atoms with Crippen LogP contribution in [0.1, 0.15) is 16.7 Å². The molecule has 3 rings (SSSR count). The monoisotopic (exact) mass is 360 g/mol. The molecule has 138 valence electrons. The molecule has 3 aromatic carbocycles. The van der Waals surface area contributed by atoms with Gasteiger partial charge >= 0.3 is 0 Å². The smallest absolute Gasteiger partial charge is 0.228 e. The van der Waals surface area contributed by atoms with E-state index in [0.29, 0.717) is 13.0 Å². The van der Waals surface area contributed by atoms with Crippen LogP contribution in [0.25, 0.3) is 0 Å². The number of benzene rings is 3. The minimum absolute atomic E-state index is 0.0182. The summed E-state index contributed by atoms with van der Waals surface area (Å²) >= 11 is 0. The summed E-state index contributed by atoms with van der Waals surface area (Å²) in [7, 11) is 1.68. The Balaban J connectivity index is 1.54. The van der Waals surface area contributed by atoms with E-state index in [0.717, 1.165) is 33.8 Å². The average Bonchev–Trinajstić information content (AvgIpc) is 2.67. The summed E-state index contributed by atoms with van der Waals surface area (Å²) in [5.74, 6) is 0.852. The van der Waals surface area contributed by atoms with Crippen LogP contribution < -0.4 is 15.4 Å². The quantitative estimate of drug-likeness (QED) is 0.636. The molecule has 0 saturated heterocycles. The summed E-state index contributed by atoms with van der Waals surface area (Å²) in [5.41, 5.74) is 5.03. The Morgan fingerprint density at radius 2 is 1.70 bits per heavy atom. The Kier molecular flexibility index (Phi) is 6.10. The summed E-state index contributed by atoms with van der Waals surface area (Å²) in [5, 5.41) is 6.32. The van der Waals surface area contributed by atoms with E-state index in [1.165, 1.54) is 0 Å². The fourth-order valence-electron chi connectivity index (χ4n) is 2.90. The zero-order valence-electron chi connectivity index (χ0n) is 15.7. The molecule has 0 bridgehead atoms. The van der Waals surface area contributed by atoms with Crippen LogP contribution in [-0.2, 0) is 17.8 Å². The standard InChI is InChI=1S/C23H24N2O2/c1-17-6-5-8-21(14-17)25-23(26)15-18-10-12-20(13-11-18)24-16-19-7-3-4-9-22(19)27-2/h3-14,24H,15-16H2,1-2H3,(H,25,26). The Labute approximate surface area is 160 Å². The van der Waals surface area contributed by atoms with Gasteiger partial charge in [0.05, 0.1) is 13.5 Å². The molecule has 4 nitrogen and oxygen atoms in total. The van der Waals surface area contributed by atoms with Gasteiger partial charge in [-0.1, -0.05) is 42.5 Å². The zero-order valence-corrected chi connectivity index (χ0v) is 15.7. The molecule has 0 aromatic heterocycles. The second-order valence-electron chi connectivity index (χ2n) is 6.46. The molecule has 0 fully saturated rings. The second kappa shape index (κ2) is 8.90. The first-order chi connectivity index (χ1) is 13.1. The van der Waals surface area contributed by atoms with Crippen LogP contribution in [0.15, 0.2) is 72.8 Å². The molecule has 0 atom stereocenters. The van der Waals surface area contributed by atoms with Gasteiger partial charge in [0.1, 0.15) is 5.75 Å². The highest BCUT2D eigenvalue weighted by Gasteiger charge is 2.05. The number of methoxy groups -OCH3 is 1. The van der Waals surface area contributed by atoms with Crippen molar-refractivity contribution < 1.29 is 9.53 Å². The van der Waals surface area contributed by atoms with E-state index in [4.69, 9.17) is 4.74 Å². The van der Waals surface area contributed by atoms with Gasteiger partial charge in [0, 0.05) is 23.5 Å². The highest BCUT2D eigenvalue weighted by atomic mass is 16.5. The highest BCUT2D eigenvalue weighted by molar-refractivity contribution is 5.92. The topological polar surface area (TPSA) is 50.4 Å². The van der Waals surface area contributed by atoms with Gasteiger partial charge < -0.3 is 15.4 Å². The molecule has 0 aliphatic rings. The van der Waals surface area contributed by atoms with Gasteiger partial charge in [-0.2, -0.15) is 0 Å². The Hall–Kier alpha value is -3.27. The maximum Gasteiger partial charge on any atom is 0.228 e. The van der Waals surface area contributed by atoms with Crippen LogP contribution in [0.4, 0.5) is 11.4 Å². The van der Waals surface area contributed by atoms with Gasteiger partial charge in [0.15, 0.2) is 0 Å².